The summed E-state index contributed by atoms with van der Waals surface area (Å²) in [6.45, 7) is 0.281. The minimum atomic E-state index is -0.355. The summed E-state index contributed by atoms with van der Waals surface area (Å²) in [7, 11) is 0. The number of hydrogen-bond acceptors (Lipinski definition) is 3. The number of amides is 1. The van der Waals surface area contributed by atoms with E-state index in [0.717, 1.165) is 5.56 Å². The maximum Gasteiger partial charge on any atom is 0.244 e. The van der Waals surface area contributed by atoms with Gasteiger partial charge in [-0.05, 0) is 53.1 Å². The zero-order valence-corrected chi connectivity index (χ0v) is 17.8. The number of nitrogens with one attached hydrogen (secondary N) is 1. The number of carbonyl (C=O) groups excluding carboxylic acids is 1. The minimum absolute atomic E-state index is 0.0800. The Hall–Kier alpha value is -2.60. The molecule has 1 N–H and O–H groups in total. The molecule has 0 saturated heterocycles. The summed E-state index contributed by atoms with van der Waals surface area (Å²) in [5.74, 6) is -0.338. The Morgan fingerprint density at radius 3 is 2.20 bits per heavy atom. The first-order valence-electron chi connectivity index (χ1n) is 8.83. The minimum Gasteiger partial charge on any atom is -0.486 e. The maximum atomic E-state index is 12.9. The fourth-order valence-electron chi connectivity index (χ4n) is 2.53. The van der Waals surface area contributed by atoms with Crippen LogP contribution in [0.5, 0.6) is 5.75 Å². The van der Waals surface area contributed by atoms with Gasteiger partial charge in [0.15, 0.2) is 5.75 Å². The van der Waals surface area contributed by atoms with Crippen LogP contribution >= 0.6 is 34.8 Å². The zero-order chi connectivity index (χ0) is 21.5. The van der Waals surface area contributed by atoms with Crippen LogP contribution in [0.15, 0.2) is 65.8 Å². The van der Waals surface area contributed by atoms with Crippen LogP contribution in [0.3, 0.4) is 0 Å². The van der Waals surface area contributed by atoms with Gasteiger partial charge >= 0.3 is 0 Å². The van der Waals surface area contributed by atoms with E-state index in [4.69, 9.17) is 39.5 Å². The van der Waals surface area contributed by atoms with Crippen molar-refractivity contribution in [2.75, 3.05) is 0 Å². The average molecular weight is 466 g/mol. The molecule has 0 aliphatic carbocycles. The SMILES string of the molecule is O=C(Cc1ccc(F)cc1)N/N=C/c1cc(Cl)c(OCc2ccc(Cl)cc2)c(Cl)c1. The smallest absolute Gasteiger partial charge is 0.244 e. The van der Waals surface area contributed by atoms with Crippen LogP contribution in [-0.4, -0.2) is 12.1 Å². The highest BCUT2D eigenvalue weighted by Crippen LogP contribution is 2.34. The predicted octanol–water partition coefficient (Wildman–Crippen LogP) is 6.06. The van der Waals surface area contributed by atoms with Crippen molar-refractivity contribution in [2.24, 2.45) is 5.10 Å². The van der Waals surface area contributed by atoms with Crippen LogP contribution < -0.4 is 10.2 Å². The largest absolute Gasteiger partial charge is 0.486 e. The van der Waals surface area contributed by atoms with E-state index in [0.29, 0.717) is 31.9 Å². The maximum absolute atomic E-state index is 12.9. The lowest BCUT2D eigenvalue weighted by Gasteiger charge is -2.11. The van der Waals surface area contributed by atoms with Crippen LogP contribution in [-0.2, 0) is 17.8 Å². The summed E-state index contributed by atoms with van der Waals surface area (Å²) in [6.07, 6.45) is 1.50. The molecule has 3 rings (SSSR count). The van der Waals surface area contributed by atoms with E-state index in [1.165, 1.54) is 18.3 Å². The molecule has 3 aromatic carbocycles. The second-order valence-electron chi connectivity index (χ2n) is 6.33. The number of halogens is 4. The fourth-order valence-corrected chi connectivity index (χ4v) is 3.27. The van der Waals surface area contributed by atoms with Gasteiger partial charge in [0.25, 0.3) is 0 Å². The number of carbonyl (C=O) groups is 1. The molecular formula is C22H16Cl3FN2O2. The van der Waals surface area contributed by atoms with Crippen LogP contribution in [0, 0.1) is 5.82 Å². The molecule has 1 amide bonds. The van der Waals surface area contributed by atoms with E-state index in [9.17, 15) is 9.18 Å². The molecule has 0 atom stereocenters. The van der Waals surface area contributed by atoms with E-state index in [-0.39, 0.29) is 24.8 Å². The molecule has 30 heavy (non-hydrogen) atoms. The lowest BCUT2D eigenvalue weighted by molar-refractivity contribution is -0.120. The Kier molecular flexibility index (Phi) is 7.69. The predicted molar refractivity (Wildman–Crippen MR) is 118 cm³/mol. The summed E-state index contributed by atoms with van der Waals surface area (Å²) < 4.78 is 18.6. The molecule has 0 radical (unpaired) electrons. The van der Waals surface area contributed by atoms with Gasteiger partial charge < -0.3 is 4.74 Å². The van der Waals surface area contributed by atoms with Crippen molar-refractivity contribution in [1.29, 1.82) is 0 Å². The number of ether oxygens (including phenoxy) is 1. The standard InChI is InChI=1S/C22H16Cl3FN2O2/c23-17-5-1-15(2-6-17)13-30-22-19(24)9-16(10-20(22)25)12-27-28-21(29)11-14-3-7-18(26)8-4-14/h1-10,12H,11,13H2,(H,28,29)/b27-12+. The van der Waals surface area contributed by atoms with Crippen molar-refractivity contribution in [3.05, 3.63) is 98.2 Å². The van der Waals surface area contributed by atoms with Crippen molar-refractivity contribution >= 4 is 46.9 Å². The lowest BCUT2D eigenvalue weighted by Crippen LogP contribution is -2.19. The monoisotopic (exact) mass is 464 g/mol. The van der Waals surface area contributed by atoms with Gasteiger partial charge in [0.05, 0.1) is 22.7 Å². The molecule has 0 heterocycles. The van der Waals surface area contributed by atoms with Gasteiger partial charge in [-0.25, -0.2) is 9.82 Å². The summed E-state index contributed by atoms with van der Waals surface area (Å²) in [6, 6.07) is 16.2. The number of hydrogen-bond donors (Lipinski definition) is 1. The third-order valence-corrected chi connectivity index (χ3v) is 4.81. The molecule has 154 valence electrons. The molecule has 0 aromatic heterocycles. The van der Waals surface area contributed by atoms with Gasteiger partial charge in [0.1, 0.15) is 12.4 Å². The van der Waals surface area contributed by atoms with Gasteiger partial charge in [-0.15, -0.1) is 0 Å². The Labute approximate surface area is 188 Å². The molecule has 0 aliphatic heterocycles. The molecule has 0 aliphatic rings. The van der Waals surface area contributed by atoms with Crippen molar-refractivity contribution in [3.63, 3.8) is 0 Å². The first-order chi connectivity index (χ1) is 14.4. The Morgan fingerprint density at radius 1 is 0.967 bits per heavy atom. The first-order valence-corrected chi connectivity index (χ1v) is 9.97. The van der Waals surface area contributed by atoms with Gasteiger partial charge in [-0.1, -0.05) is 59.1 Å². The second kappa shape index (κ2) is 10.4. The summed E-state index contributed by atoms with van der Waals surface area (Å²) in [5, 5.41) is 5.17. The van der Waals surface area contributed by atoms with Crippen LogP contribution in [0.25, 0.3) is 0 Å². The molecular weight excluding hydrogens is 450 g/mol. The fraction of sp³-hybridized carbons (Fsp3) is 0.0909. The lowest BCUT2D eigenvalue weighted by atomic mass is 10.1. The normalized spacial score (nSPS) is 10.9. The molecule has 4 nitrogen and oxygen atoms in total. The Bertz CT molecular complexity index is 1030. The van der Waals surface area contributed by atoms with Crippen LogP contribution in [0.1, 0.15) is 16.7 Å². The van der Waals surface area contributed by atoms with E-state index < -0.39 is 0 Å². The average Bonchev–Trinajstić information content (AvgIpc) is 2.70. The van der Waals surface area contributed by atoms with E-state index in [1.807, 2.05) is 12.1 Å². The number of hydrazone groups is 1. The number of nitrogens with zero attached hydrogens (tertiary/aromatic N) is 1. The van der Waals surface area contributed by atoms with Crippen LogP contribution in [0.4, 0.5) is 4.39 Å². The van der Waals surface area contributed by atoms with Gasteiger partial charge in [-0.2, -0.15) is 5.10 Å². The molecule has 0 saturated carbocycles. The van der Waals surface area contributed by atoms with Gasteiger partial charge in [0, 0.05) is 5.02 Å². The molecule has 0 spiro atoms. The highest BCUT2D eigenvalue weighted by atomic mass is 35.5. The molecule has 8 heteroatoms. The highest BCUT2D eigenvalue weighted by Gasteiger charge is 2.10. The summed E-state index contributed by atoms with van der Waals surface area (Å²) >= 11 is 18.4. The van der Waals surface area contributed by atoms with Crippen molar-refractivity contribution in [3.8, 4) is 5.75 Å². The highest BCUT2D eigenvalue weighted by molar-refractivity contribution is 6.37. The third kappa shape index (κ3) is 6.46. The summed E-state index contributed by atoms with van der Waals surface area (Å²) in [4.78, 5) is 11.9. The third-order valence-electron chi connectivity index (χ3n) is 4.00. The number of benzene rings is 3. The molecule has 3 aromatic rings. The van der Waals surface area contributed by atoms with Crippen molar-refractivity contribution in [2.45, 2.75) is 13.0 Å². The molecule has 0 bridgehead atoms. The van der Waals surface area contributed by atoms with Gasteiger partial charge in [0.2, 0.25) is 5.91 Å². The van der Waals surface area contributed by atoms with E-state index in [1.54, 1.807) is 36.4 Å². The quantitative estimate of drug-likeness (QED) is 0.341. The number of rotatable bonds is 7. The molecule has 0 unspecified atom stereocenters. The van der Waals surface area contributed by atoms with Crippen molar-refractivity contribution in [1.82, 2.24) is 5.43 Å². The van der Waals surface area contributed by atoms with Crippen molar-refractivity contribution < 1.29 is 13.9 Å². The Balaban J connectivity index is 1.57. The zero-order valence-electron chi connectivity index (χ0n) is 15.5. The topological polar surface area (TPSA) is 50.7 Å². The van der Waals surface area contributed by atoms with Gasteiger partial charge in [-0.3, -0.25) is 4.79 Å². The van der Waals surface area contributed by atoms with Crippen LogP contribution in [0.2, 0.25) is 15.1 Å². The Morgan fingerprint density at radius 2 is 1.57 bits per heavy atom. The van der Waals surface area contributed by atoms with E-state index >= 15 is 0 Å². The second-order valence-corrected chi connectivity index (χ2v) is 7.58. The van der Waals surface area contributed by atoms with E-state index in [2.05, 4.69) is 10.5 Å². The summed E-state index contributed by atoms with van der Waals surface area (Å²) in [5.41, 5.74) is 4.59. The molecule has 0 fully saturated rings. The first kappa shape index (κ1) is 22.1.